The molecule has 9 nitrogen and oxygen atoms in total. The summed E-state index contributed by atoms with van der Waals surface area (Å²) >= 11 is 0. The van der Waals surface area contributed by atoms with Crippen molar-refractivity contribution in [2.45, 2.75) is 25.7 Å². The molecule has 2 saturated carbocycles. The van der Waals surface area contributed by atoms with Crippen LogP contribution in [0.2, 0.25) is 0 Å². The van der Waals surface area contributed by atoms with E-state index in [1.807, 2.05) is 6.07 Å². The molecule has 4 aliphatic rings. The number of hydrogen-bond acceptors (Lipinski definition) is 9. The van der Waals surface area contributed by atoms with Crippen LogP contribution in [0.4, 0.5) is 11.6 Å². The highest BCUT2D eigenvalue weighted by molar-refractivity contribution is 5.90. The molecule has 0 amide bonds. The standard InChI is InChI=1S/C21H32N6O3/c1-2-17-13-16(1)14-18(17)24-25-19-15-20(27-6-10-29-11-7-27)23-21(22-19)30-12-5-26-3-8-28-9-4-26/h15-17H,1-14H2,(H,22,23,25)/b24-18+. The maximum Gasteiger partial charge on any atom is 0.320 e. The molecule has 1 N–H and O–H groups in total. The molecule has 2 unspecified atom stereocenters. The lowest BCUT2D eigenvalue weighted by atomic mass is 9.99. The van der Waals surface area contributed by atoms with E-state index in [2.05, 4.69) is 25.2 Å². The number of rotatable bonds is 7. The Labute approximate surface area is 177 Å². The number of aromatic nitrogens is 2. The number of nitrogens with one attached hydrogen (secondary N) is 1. The molecule has 1 aromatic rings. The van der Waals surface area contributed by atoms with Crippen LogP contribution in [0.1, 0.15) is 25.7 Å². The second-order valence-corrected chi connectivity index (χ2v) is 8.59. The Hall–Kier alpha value is -1.97. The lowest BCUT2D eigenvalue weighted by Gasteiger charge is -2.28. The van der Waals surface area contributed by atoms with Gasteiger partial charge < -0.3 is 19.1 Å². The lowest BCUT2D eigenvalue weighted by Crippen LogP contribution is -2.39. The summed E-state index contributed by atoms with van der Waals surface area (Å²) in [6.07, 6.45) is 5.07. The Morgan fingerprint density at radius 3 is 2.60 bits per heavy atom. The van der Waals surface area contributed by atoms with Crippen LogP contribution < -0.4 is 15.1 Å². The van der Waals surface area contributed by atoms with Gasteiger partial charge in [-0.3, -0.25) is 10.3 Å². The van der Waals surface area contributed by atoms with Crippen LogP contribution >= 0.6 is 0 Å². The Balaban J connectivity index is 1.26. The molecule has 2 saturated heterocycles. The smallest absolute Gasteiger partial charge is 0.320 e. The Kier molecular flexibility index (Phi) is 6.29. The summed E-state index contributed by atoms with van der Waals surface area (Å²) in [5.74, 6) is 3.06. The maximum atomic E-state index is 5.95. The van der Waals surface area contributed by atoms with Gasteiger partial charge in [-0.2, -0.15) is 15.1 Å². The third-order valence-electron chi connectivity index (χ3n) is 6.59. The minimum Gasteiger partial charge on any atom is -0.462 e. The quantitative estimate of drug-likeness (QED) is 0.671. The van der Waals surface area contributed by atoms with Crippen molar-refractivity contribution in [3.63, 3.8) is 0 Å². The van der Waals surface area contributed by atoms with Gasteiger partial charge in [-0.25, -0.2) is 0 Å². The van der Waals surface area contributed by atoms with E-state index < -0.39 is 0 Å². The molecule has 0 aromatic carbocycles. The summed E-state index contributed by atoms with van der Waals surface area (Å²) in [4.78, 5) is 13.8. The predicted molar refractivity (Wildman–Crippen MR) is 114 cm³/mol. The highest BCUT2D eigenvalue weighted by atomic mass is 16.5. The molecule has 9 heteroatoms. The number of hydrazone groups is 1. The van der Waals surface area contributed by atoms with Gasteiger partial charge in [0.25, 0.3) is 0 Å². The van der Waals surface area contributed by atoms with Crippen molar-refractivity contribution in [3.8, 4) is 6.01 Å². The summed E-state index contributed by atoms with van der Waals surface area (Å²) in [5, 5.41) is 4.71. The van der Waals surface area contributed by atoms with Crippen LogP contribution in [0.25, 0.3) is 0 Å². The lowest BCUT2D eigenvalue weighted by molar-refractivity contribution is 0.0317. The fourth-order valence-electron chi connectivity index (χ4n) is 4.87. The summed E-state index contributed by atoms with van der Waals surface area (Å²) < 4.78 is 16.8. The van der Waals surface area contributed by atoms with E-state index in [0.717, 1.165) is 64.1 Å². The molecule has 0 spiro atoms. The minimum absolute atomic E-state index is 0.405. The zero-order valence-corrected chi connectivity index (χ0v) is 17.6. The molecule has 5 rings (SSSR count). The normalized spacial score (nSPS) is 28.3. The van der Waals surface area contributed by atoms with E-state index >= 15 is 0 Å². The van der Waals surface area contributed by atoms with Crippen molar-refractivity contribution in [2.24, 2.45) is 16.9 Å². The van der Waals surface area contributed by atoms with Gasteiger partial charge >= 0.3 is 6.01 Å². The van der Waals surface area contributed by atoms with E-state index in [1.165, 1.54) is 25.0 Å². The summed E-state index contributed by atoms with van der Waals surface area (Å²) in [5.41, 5.74) is 4.50. The minimum atomic E-state index is 0.405. The van der Waals surface area contributed by atoms with Crippen LogP contribution in [0, 0.1) is 11.8 Å². The molecule has 1 aromatic heterocycles. The predicted octanol–water partition coefficient (Wildman–Crippen LogP) is 1.61. The fraction of sp³-hybridized carbons (Fsp3) is 0.762. The number of hydrogen-bond donors (Lipinski definition) is 1. The zero-order chi connectivity index (χ0) is 20.2. The van der Waals surface area contributed by atoms with Crippen molar-refractivity contribution >= 4 is 17.3 Å². The van der Waals surface area contributed by atoms with Crippen LogP contribution in [0.3, 0.4) is 0 Å². The average Bonchev–Trinajstić information content (AvgIpc) is 3.43. The van der Waals surface area contributed by atoms with Crippen LogP contribution in [-0.2, 0) is 9.47 Å². The summed E-state index contributed by atoms with van der Waals surface area (Å²) in [7, 11) is 0. The van der Waals surface area contributed by atoms with E-state index in [9.17, 15) is 0 Å². The third kappa shape index (κ3) is 4.84. The number of nitrogens with zero attached hydrogens (tertiary/aromatic N) is 5. The summed E-state index contributed by atoms with van der Waals surface area (Å²) in [6.45, 7) is 7.96. The molecule has 2 atom stereocenters. The Bertz CT molecular complexity index is 748. The van der Waals surface area contributed by atoms with Crippen molar-refractivity contribution < 1.29 is 14.2 Å². The second kappa shape index (κ2) is 9.45. The van der Waals surface area contributed by atoms with Crippen LogP contribution in [0.15, 0.2) is 11.2 Å². The van der Waals surface area contributed by atoms with Crippen molar-refractivity contribution in [1.82, 2.24) is 14.9 Å². The third-order valence-corrected chi connectivity index (χ3v) is 6.59. The number of ether oxygens (including phenoxy) is 3. The molecule has 164 valence electrons. The number of morpholine rings is 2. The summed E-state index contributed by atoms with van der Waals surface area (Å²) in [6, 6.07) is 2.38. The average molecular weight is 417 g/mol. The molecular formula is C21H32N6O3. The monoisotopic (exact) mass is 416 g/mol. The zero-order valence-electron chi connectivity index (χ0n) is 17.6. The van der Waals surface area contributed by atoms with E-state index in [1.54, 1.807) is 0 Å². The van der Waals surface area contributed by atoms with E-state index in [0.29, 0.717) is 37.6 Å². The molecule has 2 aliphatic carbocycles. The fourth-order valence-corrected chi connectivity index (χ4v) is 4.87. The van der Waals surface area contributed by atoms with Gasteiger partial charge in [-0.15, -0.1) is 0 Å². The van der Waals surface area contributed by atoms with Gasteiger partial charge in [0, 0.05) is 44.5 Å². The SMILES string of the molecule is c1c(N/N=C2\CC3CCC2C3)nc(OCCN2CCOCC2)nc1N1CCOCC1. The van der Waals surface area contributed by atoms with Crippen molar-refractivity contribution in [1.29, 1.82) is 0 Å². The molecule has 30 heavy (non-hydrogen) atoms. The van der Waals surface area contributed by atoms with Gasteiger partial charge in [0.05, 0.1) is 26.4 Å². The highest BCUT2D eigenvalue weighted by Gasteiger charge is 2.36. The molecule has 2 aliphatic heterocycles. The first-order valence-electron chi connectivity index (χ1n) is 11.3. The first kappa shape index (κ1) is 20.0. The van der Waals surface area contributed by atoms with Gasteiger partial charge in [0.2, 0.25) is 0 Å². The van der Waals surface area contributed by atoms with E-state index in [-0.39, 0.29) is 0 Å². The van der Waals surface area contributed by atoms with Crippen molar-refractivity contribution in [3.05, 3.63) is 6.07 Å². The molecular weight excluding hydrogens is 384 g/mol. The molecule has 4 fully saturated rings. The van der Waals surface area contributed by atoms with E-state index in [4.69, 9.17) is 19.3 Å². The Morgan fingerprint density at radius 2 is 1.87 bits per heavy atom. The Morgan fingerprint density at radius 1 is 1.07 bits per heavy atom. The van der Waals surface area contributed by atoms with Gasteiger partial charge in [0.1, 0.15) is 12.4 Å². The molecule has 2 bridgehead atoms. The maximum absolute atomic E-state index is 5.95. The molecule has 0 radical (unpaired) electrons. The molecule has 3 heterocycles. The second-order valence-electron chi connectivity index (χ2n) is 8.59. The number of fused-ring (bicyclic) bond motifs is 2. The van der Waals surface area contributed by atoms with Crippen LogP contribution in [-0.4, -0.2) is 86.3 Å². The van der Waals surface area contributed by atoms with Gasteiger partial charge in [-0.1, -0.05) is 0 Å². The first-order chi connectivity index (χ1) is 14.8. The van der Waals surface area contributed by atoms with Gasteiger partial charge in [0.15, 0.2) is 5.82 Å². The topological polar surface area (TPSA) is 84.3 Å². The van der Waals surface area contributed by atoms with Crippen LogP contribution in [0.5, 0.6) is 6.01 Å². The highest BCUT2D eigenvalue weighted by Crippen LogP contribution is 2.42. The number of anilines is 2. The van der Waals surface area contributed by atoms with Gasteiger partial charge in [-0.05, 0) is 37.5 Å². The largest absolute Gasteiger partial charge is 0.462 e. The first-order valence-corrected chi connectivity index (χ1v) is 11.3. The van der Waals surface area contributed by atoms with Crippen molar-refractivity contribution in [2.75, 3.05) is 76.1 Å².